The maximum absolute atomic E-state index is 13.3. The largest absolute Gasteiger partial charge is 0.453 e. The second-order valence-corrected chi connectivity index (χ2v) is 15.6. The van der Waals surface area contributed by atoms with E-state index in [0.29, 0.717) is 18.9 Å². The van der Waals surface area contributed by atoms with Crippen LogP contribution in [-0.4, -0.2) is 94.1 Å². The zero-order chi connectivity index (χ0) is 47.9. The van der Waals surface area contributed by atoms with Crippen molar-refractivity contribution in [2.24, 2.45) is 0 Å². The normalized spacial score (nSPS) is 16.3. The molecule has 14 heteroatoms. The molecule has 2 aliphatic heterocycles. The molecule has 4 amide bonds. The zero-order valence-electron chi connectivity index (χ0n) is 39.0. The summed E-state index contributed by atoms with van der Waals surface area (Å²) in [5.41, 5.74) is 5.17. The number of benzene rings is 3. The van der Waals surface area contributed by atoms with Crippen molar-refractivity contribution in [1.82, 2.24) is 40.4 Å². The molecule has 0 saturated carbocycles. The number of likely N-dealkylation sites (tertiary alicyclic amines) is 2. The van der Waals surface area contributed by atoms with Crippen LogP contribution in [0.5, 0.6) is 0 Å². The lowest BCUT2D eigenvalue weighted by Crippen LogP contribution is -2.53. The number of hydrogen-bond acceptors (Lipinski definition) is 8. The number of amides is 4. The predicted octanol–water partition coefficient (Wildman–Crippen LogP) is 9.61. The quantitative estimate of drug-likeness (QED) is 0.106. The van der Waals surface area contributed by atoms with Crippen molar-refractivity contribution >= 4 is 34.8 Å². The van der Waals surface area contributed by atoms with Crippen molar-refractivity contribution in [3.63, 3.8) is 0 Å². The first-order valence-electron chi connectivity index (χ1n) is 22.2. The van der Waals surface area contributed by atoms with Crippen LogP contribution < -0.4 is 10.6 Å². The van der Waals surface area contributed by atoms with E-state index < -0.39 is 17.7 Å². The Morgan fingerprint density at radius 2 is 1.23 bits per heavy atom. The number of alkyl carbamates (subject to hydrolysis) is 2. The Labute approximate surface area is 384 Å². The molecule has 65 heavy (non-hydrogen) atoms. The van der Waals surface area contributed by atoms with Gasteiger partial charge >= 0.3 is 12.2 Å². The molecule has 7 rings (SSSR count). The van der Waals surface area contributed by atoms with E-state index >= 15 is 0 Å². The second kappa shape index (κ2) is 26.5. The van der Waals surface area contributed by atoms with E-state index in [-0.39, 0.29) is 30.9 Å². The topological polar surface area (TPSA) is 175 Å². The summed E-state index contributed by atoms with van der Waals surface area (Å²) in [6.45, 7) is 11.4. The van der Waals surface area contributed by atoms with Crippen molar-refractivity contribution in [3.8, 4) is 59.3 Å². The number of nitrogens with zero attached hydrogens (tertiary/aromatic N) is 4. The molecule has 4 N–H and O–H groups in total. The summed E-state index contributed by atoms with van der Waals surface area (Å²) < 4.78 is 9.26. The van der Waals surface area contributed by atoms with Crippen LogP contribution in [0.1, 0.15) is 104 Å². The van der Waals surface area contributed by atoms with Crippen LogP contribution in [0.15, 0.2) is 73.1 Å². The van der Waals surface area contributed by atoms with Crippen molar-refractivity contribution < 1.29 is 28.7 Å². The van der Waals surface area contributed by atoms with Crippen LogP contribution in [-0.2, 0) is 24.6 Å². The molecule has 2 saturated heterocycles. The van der Waals surface area contributed by atoms with Gasteiger partial charge in [-0.15, -0.1) is 25.7 Å². The standard InChI is InChI=1S/C41H46N8O6.2C3H8.2C2H2/c1-41(19-7-9-21-49(41)36(51)25-45-40(53)55-3)38-43-23-33(47-38)31-18-17-28(29-10-4-5-11-30(29)31)26-13-15-27(16-14-26)32-22-42-37(46-32)34-12-6-8-20-48(34)35(50)24-44-39(52)54-2;2*1-3-2;2*1-2/h4-5,10-11,13-18,22-23,34H,6-9,12,19-21,24-25H2,1-3H3,(H,42,46)(H,43,47)(H,44,52)(H,45,53);2*3H2,1-2H3;2*1-2H/t34?,41-;;;;/m1..../s1. The molecule has 1 unspecified atom stereocenters. The number of piperidine rings is 2. The highest BCUT2D eigenvalue weighted by Crippen LogP contribution is 2.40. The highest BCUT2D eigenvalue weighted by molar-refractivity contribution is 6.04. The minimum atomic E-state index is -0.658. The SMILES string of the molecule is C#C.C#C.CCC.CCC.COC(=O)NCC(=O)N1CCCCC1c1ncc(-c2ccc(-c3ccc(-c4cnc([C@@]5(C)CCCCN5C(=O)CNC(=O)OC)[nH]4)c4ccccc34)cc2)[nH]1. The molecule has 2 aromatic heterocycles. The molecule has 5 aromatic rings. The van der Waals surface area contributed by atoms with Crippen LogP contribution in [0.25, 0.3) is 44.4 Å². The van der Waals surface area contributed by atoms with Crippen molar-refractivity contribution in [3.05, 3.63) is 84.7 Å². The van der Waals surface area contributed by atoms with E-state index in [9.17, 15) is 19.2 Å². The molecule has 3 aromatic carbocycles. The summed E-state index contributed by atoms with van der Waals surface area (Å²) in [5.74, 6) is 1.07. The average molecular weight is 887 g/mol. The molecule has 4 heterocycles. The summed E-state index contributed by atoms with van der Waals surface area (Å²) in [4.78, 5) is 69.5. The Balaban J connectivity index is 0.00000104. The number of nitrogens with one attached hydrogen (secondary N) is 4. The van der Waals surface area contributed by atoms with Crippen LogP contribution in [0.2, 0.25) is 0 Å². The Hall–Kier alpha value is -7.06. The average Bonchev–Trinajstić information content (AvgIpc) is 4.06. The number of carbonyl (C=O) groups is 4. The zero-order valence-corrected chi connectivity index (χ0v) is 39.0. The van der Waals surface area contributed by atoms with Crippen molar-refractivity contribution in [2.45, 2.75) is 97.6 Å². The van der Waals surface area contributed by atoms with E-state index in [1.165, 1.54) is 27.1 Å². The van der Waals surface area contributed by atoms with Gasteiger partial charge < -0.3 is 39.9 Å². The lowest BCUT2D eigenvalue weighted by molar-refractivity contribution is -0.139. The van der Waals surface area contributed by atoms with Gasteiger partial charge in [0.2, 0.25) is 11.8 Å². The fourth-order valence-corrected chi connectivity index (χ4v) is 7.92. The van der Waals surface area contributed by atoms with Gasteiger partial charge in [0.1, 0.15) is 24.7 Å². The molecule has 346 valence electrons. The number of terminal acetylenes is 2. The van der Waals surface area contributed by atoms with E-state index in [4.69, 9.17) is 4.98 Å². The van der Waals surface area contributed by atoms with Crippen LogP contribution in [0.4, 0.5) is 9.59 Å². The summed E-state index contributed by atoms with van der Waals surface area (Å²) in [7, 11) is 2.54. The highest BCUT2D eigenvalue weighted by atomic mass is 16.5. The number of imidazole rings is 2. The van der Waals surface area contributed by atoms with Crippen molar-refractivity contribution in [2.75, 3.05) is 40.4 Å². The monoisotopic (exact) mass is 887 g/mol. The summed E-state index contributed by atoms with van der Waals surface area (Å²) in [6, 6.07) is 20.7. The molecule has 2 aliphatic rings. The summed E-state index contributed by atoms with van der Waals surface area (Å²) in [6.07, 6.45) is 26.1. The Kier molecular flexibility index (Phi) is 21.3. The maximum Gasteiger partial charge on any atom is 0.407 e. The van der Waals surface area contributed by atoms with Gasteiger partial charge in [-0.2, -0.15) is 0 Å². The van der Waals surface area contributed by atoms with Crippen LogP contribution in [0.3, 0.4) is 0 Å². The van der Waals surface area contributed by atoms with Crippen LogP contribution >= 0.6 is 0 Å². The Bertz CT molecular complexity index is 2320. The van der Waals surface area contributed by atoms with E-state index in [1.807, 2.05) is 30.2 Å². The molecular weight excluding hydrogens is 821 g/mol. The molecule has 0 bridgehead atoms. The molecule has 0 spiro atoms. The molecule has 2 fully saturated rings. The Morgan fingerprint density at radius 1 is 0.692 bits per heavy atom. The lowest BCUT2D eigenvalue weighted by Gasteiger charge is -2.43. The summed E-state index contributed by atoms with van der Waals surface area (Å²) >= 11 is 0. The molecule has 2 atom stereocenters. The fraction of sp³-hybridized carbons (Fsp3) is 0.412. The first kappa shape index (κ1) is 52.3. The Morgan fingerprint density at radius 3 is 1.85 bits per heavy atom. The number of rotatable bonds is 9. The summed E-state index contributed by atoms with van der Waals surface area (Å²) in [5, 5.41) is 7.16. The molecular formula is C51H66N8O6. The first-order valence-corrected chi connectivity index (χ1v) is 22.2. The highest BCUT2D eigenvalue weighted by Gasteiger charge is 2.41. The first-order chi connectivity index (χ1) is 31.5. The van der Waals surface area contributed by atoms with Gasteiger partial charge in [-0.05, 0) is 72.9 Å². The van der Waals surface area contributed by atoms with Gasteiger partial charge in [-0.25, -0.2) is 19.6 Å². The predicted molar refractivity (Wildman–Crippen MR) is 258 cm³/mol. The number of H-pyrrole nitrogens is 2. The van der Waals surface area contributed by atoms with Gasteiger partial charge in [-0.1, -0.05) is 101 Å². The van der Waals surface area contributed by atoms with Gasteiger partial charge in [0.25, 0.3) is 0 Å². The third-order valence-electron chi connectivity index (χ3n) is 10.9. The van der Waals surface area contributed by atoms with E-state index in [1.54, 1.807) is 11.1 Å². The molecule has 14 nitrogen and oxygen atoms in total. The van der Waals surface area contributed by atoms with Crippen molar-refractivity contribution in [1.29, 1.82) is 0 Å². The maximum atomic E-state index is 13.3. The number of ether oxygens (including phenoxy) is 2. The number of methoxy groups -OCH3 is 2. The van der Waals surface area contributed by atoms with Gasteiger partial charge in [0.05, 0.1) is 49.6 Å². The number of fused-ring (bicyclic) bond motifs is 1. The molecule has 0 radical (unpaired) electrons. The van der Waals surface area contributed by atoms with Gasteiger partial charge in [0.15, 0.2) is 0 Å². The lowest BCUT2D eigenvalue weighted by atomic mass is 9.87. The van der Waals surface area contributed by atoms with E-state index in [0.717, 1.165) is 88.8 Å². The minimum Gasteiger partial charge on any atom is -0.453 e. The fourth-order valence-electron chi connectivity index (χ4n) is 7.92. The van der Waals surface area contributed by atoms with E-state index in [2.05, 4.69) is 137 Å². The van der Waals surface area contributed by atoms with Crippen LogP contribution in [0, 0.1) is 25.7 Å². The molecule has 0 aliphatic carbocycles. The number of aromatic nitrogens is 4. The second-order valence-electron chi connectivity index (χ2n) is 15.6. The third kappa shape index (κ3) is 13.2. The number of carbonyl (C=O) groups excluding carboxylic acids is 4. The minimum absolute atomic E-state index is 0.129. The number of aromatic amines is 2. The van der Waals surface area contributed by atoms with Gasteiger partial charge in [-0.3, -0.25) is 9.59 Å². The smallest absolute Gasteiger partial charge is 0.407 e. The third-order valence-corrected chi connectivity index (χ3v) is 10.9. The number of hydrogen-bond donors (Lipinski definition) is 4. The van der Waals surface area contributed by atoms with Gasteiger partial charge in [0, 0.05) is 18.7 Å².